The van der Waals surface area contributed by atoms with Gasteiger partial charge in [0.2, 0.25) is 5.91 Å². The zero-order chi connectivity index (χ0) is 14.0. The maximum absolute atomic E-state index is 13.9. The van der Waals surface area contributed by atoms with Gasteiger partial charge >= 0.3 is 0 Å². The molecule has 1 fully saturated rings. The van der Waals surface area contributed by atoms with Gasteiger partial charge in [-0.1, -0.05) is 6.07 Å². The van der Waals surface area contributed by atoms with Crippen LogP contribution in [0.4, 0.5) is 4.39 Å². The van der Waals surface area contributed by atoms with Crippen LogP contribution in [0, 0.1) is 11.7 Å². The van der Waals surface area contributed by atoms with Crippen molar-refractivity contribution < 1.29 is 9.18 Å². The van der Waals surface area contributed by atoms with Gasteiger partial charge < -0.3 is 11.5 Å². The van der Waals surface area contributed by atoms with Crippen molar-refractivity contribution >= 4 is 5.91 Å². The lowest BCUT2D eigenvalue weighted by Gasteiger charge is -2.18. The second-order valence-electron chi connectivity index (χ2n) is 5.31. The number of amides is 1. The molecular weight excluding hydrogens is 245 g/mol. The van der Waals surface area contributed by atoms with Gasteiger partial charge in [-0.15, -0.1) is 0 Å². The van der Waals surface area contributed by atoms with Gasteiger partial charge in [0.05, 0.1) is 0 Å². The molecule has 0 radical (unpaired) electrons. The second-order valence-corrected chi connectivity index (χ2v) is 5.31. The summed E-state index contributed by atoms with van der Waals surface area (Å²) >= 11 is 0. The highest BCUT2D eigenvalue weighted by Gasteiger charge is 2.25. The predicted octanol–water partition coefficient (Wildman–Crippen LogP) is 1.09. The smallest absolute Gasteiger partial charge is 0.248 e. The van der Waals surface area contributed by atoms with Gasteiger partial charge in [0.1, 0.15) is 5.82 Å². The number of carbonyl (C=O) groups excluding carboxylic acids is 1. The van der Waals surface area contributed by atoms with Gasteiger partial charge in [0.25, 0.3) is 0 Å². The van der Waals surface area contributed by atoms with E-state index >= 15 is 0 Å². The molecule has 1 saturated heterocycles. The highest BCUT2D eigenvalue weighted by Crippen LogP contribution is 2.22. The molecule has 0 spiro atoms. The van der Waals surface area contributed by atoms with Crippen LogP contribution in [0.1, 0.15) is 29.3 Å². The van der Waals surface area contributed by atoms with Crippen molar-refractivity contribution in [2.45, 2.75) is 25.9 Å². The van der Waals surface area contributed by atoms with Crippen molar-refractivity contribution in [2.24, 2.45) is 17.4 Å². The Balaban J connectivity index is 2.02. The van der Waals surface area contributed by atoms with Crippen LogP contribution < -0.4 is 11.5 Å². The number of nitrogens with zero attached hydrogens (tertiary/aromatic N) is 1. The lowest BCUT2D eigenvalue weighted by Crippen LogP contribution is -2.29. The Morgan fingerprint density at radius 1 is 1.58 bits per heavy atom. The van der Waals surface area contributed by atoms with Gasteiger partial charge in [-0.3, -0.25) is 9.69 Å². The van der Waals surface area contributed by atoms with Gasteiger partial charge in [-0.05, 0) is 37.9 Å². The molecular formula is C14H20FN3O. The number of hydrogen-bond acceptors (Lipinski definition) is 3. The second kappa shape index (κ2) is 5.67. The van der Waals surface area contributed by atoms with Crippen LogP contribution in [-0.2, 0) is 6.54 Å². The molecule has 1 heterocycles. The highest BCUT2D eigenvalue weighted by atomic mass is 19.1. The Hall–Kier alpha value is -1.46. The third-order valence-electron chi connectivity index (χ3n) is 3.78. The maximum atomic E-state index is 13.9. The summed E-state index contributed by atoms with van der Waals surface area (Å²) in [5.74, 6) is -0.503. The van der Waals surface area contributed by atoms with Gasteiger partial charge in [-0.25, -0.2) is 4.39 Å². The van der Waals surface area contributed by atoms with Crippen LogP contribution in [0.5, 0.6) is 0 Å². The molecule has 19 heavy (non-hydrogen) atoms. The molecule has 4 N–H and O–H groups in total. The fourth-order valence-corrected chi connectivity index (χ4v) is 2.51. The van der Waals surface area contributed by atoms with Crippen molar-refractivity contribution in [3.63, 3.8) is 0 Å². The van der Waals surface area contributed by atoms with E-state index in [9.17, 15) is 9.18 Å². The van der Waals surface area contributed by atoms with E-state index < -0.39 is 5.91 Å². The lowest BCUT2D eigenvalue weighted by atomic mass is 10.0. The summed E-state index contributed by atoms with van der Waals surface area (Å²) in [7, 11) is 0. The van der Waals surface area contributed by atoms with Crippen LogP contribution in [-0.4, -0.2) is 29.9 Å². The normalized spacial score (nSPS) is 21.5. The van der Waals surface area contributed by atoms with Crippen LogP contribution >= 0.6 is 0 Å². The summed E-state index contributed by atoms with van der Waals surface area (Å²) in [6.07, 6.45) is 1.05. The van der Waals surface area contributed by atoms with Gasteiger partial charge in [0.15, 0.2) is 0 Å². The third-order valence-corrected chi connectivity index (χ3v) is 3.78. The average molecular weight is 265 g/mol. The summed E-state index contributed by atoms with van der Waals surface area (Å²) in [4.78, 5) is 13.1. The van der Waals surface area contributed by atoms with Crippen LogP contribution in [0.3, 0.4) is 0 Å². The van der Waals surface area contributed by atoms with Crippen molar-refractivity contribution in [1.29, 1.82) is 0 Å². The Bertz CT molecular complexity index is 476. The number of benzene rings is 1. The van der Waals surface area contributed by atoms with E-state index in [1.54, 1.807) is 12.1 Å². The first-order valence-corrected chi connectivity index (χ1v) is 6.53. The average Bonchev–Trinajstić information content (AvgIpc) is 2.80. The zero-order valence-electron chi connectivity index (χ0n) is 11.1. The van der Waals surface area contributed by atoms with E-state index in [1.807, 2.05) is 6.92 Å². The summed E-state index contributed by atoms with van der Waals surface area (Å²) < 4.78 is 13.9. The molecule has 4 nitrogen and oxygen atoms in total. The molecule has 0 bridgehead atoms. The number of likely N-dealkylation sites (tertiary alicyclic amines) is 1. The Morgan fingerprint density at radius 3 is 2.84 bits per heavy atom. The van der Waals surface area contributed by atoms with E-state index in [1.165, 1.54) is 6.07 Å². The molecule has 1 amide bonds. The zero-order valence-corrected chi connectivity index (χ0v) is 11.1. The molecule has 1 aromatic rings. The summed E-state index contributed by atoms with van der Waals surface area (Å²) in [6, 6.07) is 4.58. The Labute approximate surface area is 112 Å². The van der Waals surface area contributed by atoms with Crippen molar-refractivity contribution in [1.82, 2.24) is 4.90 Å². The number of nitrogens with two attached hydrogens (primary N) is 2. The highest BCUT2D eigenvalue weighted by molar-refractivity contribution is 5.92. The Morgan fingerprint density at radius 2 is 2.32 bits per heavy atom. The molecule has 2 rings (SSSR count). The van der Waals surface area contributed by atoms with E-state index in [0.29, 0.717) is 18.0 Å². The molecule has 1 aromatic carbocycles. The first kappa shape index (κ1) is 14.0. The van der Waals surface area contributed by atoms with Crippen LogP contribution in [0.25, 0.3) is 0 Å². The van der Waals surface area contributed by atoms with E-state index in [0.717, 1.165) is 19.5 Å². The molecule has 5 heteroatoms. The number of hydrogen-bond donors (Lipinski definition) is 2. The molecule has 2 atom stereocenters. The molecule has 104 valence electrons. The van der Waals surface area contributed by atoms with Crippen molar-refractivity contribution in [2.75, 3.05) is 13.1 Å². The quantitative estimate of drug-likeness (QED) is 0.856. The standard InChI is InChI=1S/C14H20FN3O/c1-9(16)11-4-5-18(7-11)8-12-3-2-10(14(17)19)6-13(12)15/h2-3,6,9,11H,4-5,7-8,16H2,1H3,(H2,17,19). The lowest BCUT2D eigenvalue weighted by molar-refractivity contribution is 0.1000. The minimum Gasteiger partial charge on any atom is -0.366 e. The first-order chi connectivity index (χ1) is 8.97. The van der Waals surface area contributed by atoms with Crippen LogP contribution in [0.15, 0.2) is 18.2 Å². The molecule has 0 aliphatic carbocycles. The monoisotopic (exact) mass is 265 g/mol. The molecule has 1 aliphatic rings. The molecule has 1 aliphatic heterocycles. The van der Waals surface area contributed by atoms with Crippen LogP contribution in [0.2, 0.25) is 0 Å². The minimum atomic E-state index is -0.608. The van der Waals surface area contributed by atoms with E-state index in [-0.39, 0.29) is 17.4 Å². The summed E-state index contributed by atoms with van der Waals surface area (Å²) in [6.45, 7) is 4.39. The summed E-state index contributed by atoms with van der Waals surface area (Å²) in [5, 5.41) is 0. The largest absolute Gasteiger partial charge is 0.366 e. The third kappa shape index (κ3) is 3.30. The number of carbonyl (C=O) groups is 1. The molecule has 2 unspecified atom stereocenters. The van der Waals surface area contributed by atoms with E-state index in [4.69, 9.17) is 11.5 Å². The molecule has 0 aromatic heterocycles. The number of rotatable bonds is 4. The topological polar surface area (TPSA) is 72.3 Å². The van der Waals surface area contributed by atoms with Crippen molar-refractivity contribution in [3.8, 4) is 0 Å². The number of primary amides is 1. The molecule has 0 saturated carbocycles. The SMILES string of the molecule is CC(N)C1CCN(Cc2ccc(C(N)=O)cc2F)C1. The van der Waals surface area contributed by atoms with Gasteiger partial charge in [0, 0.05) is 30.3 Å². The van der Waals surface area contributed by atoms with E-state index in [2.05, 4.69) is 4.90 Å². The predicted molar refractivity (Wildman–Crippen MR) is 72.0 cm³/mol. The fraction of sp³-hybridized carbons (Fsp3) is 0.500. The fourth-order valence-electron chi connectivity index (χ4n) is 2.51. The minimum absolute atomic E-state index is 0.173. The first-order valence-electron chi connectivity index (χ1n) is 6.53. The Kier molecular flexibility index (Phi) is 4.17. The number of halogens is 1. The maximum Gasteiger partial charge on any atom is 0.248 e. The van der Waals surface area contributed by atoms with Gasteiger partial charge in [-0.2, -0.15) is 0 Å². The summed E-state index contributed by atoms with van der Waals surface area (Å²) in [5.41, 5.74) is 11.8. The van der Waals surface area contributed by atoms with Crippen molar-refractivity contribution in [3.05, 3.63) is 35.1 Å².